The summed E-state index contributed by atoms with van der Waals surface area (Å²) in [6.07, 6.45) is 8.49. The lowest BCUT2D eigenvalue weighted by Crippen LogP contribution is -2.44. The molecule has 1 heterocycles. The summed E-state index contributed by atoms with van der Waals surface area (Å²) >= 11 is 9.68. The molecule has 1 aliphatic heterocycles. The number of halogens is 2. The second-order valence-electron chi connectivity index (χ2n) is 6.57. The Morgan fingerprint density at radius 2 is 2.00 bits per heavy atom. The van der Waals surface area contributed by atoms with E-state index in [2.05, 4.69) is 22.0 Å². The van der Waals surface area contributed by atoms with E-state index in [1.165, 1.54) is 32.1 Å². The molecule has 1 saturated carbocycles. The fraction of sp³-hybridized carbons (Fsp3) is 0.647. The maximum Gasteiger partial charge on any atom is 0.0685 e. The highest BCUT2D eigenvalue weighted by molar-refractivity contribution is 9.10. The summed E-state index contributed by atoms with van der Waals surface area (Å²) in [4.78, 5) is 0. The third-order valence-corrected chi connectivity index (χ3v) is 5.75. The largest absolute Gasteiger partial charge is 0.375 e. The van der Waals surface area contributed by atoms with Crippen LogP contribution in [0.1, 0.15) is 56.6 Å². The van der Waals surface area contributed by atoms with Crippen LogP contribution in [-0.2, 0) is 4.74 Å². The molecule has 1 aliphatic carbocycles. The van der Waals surface area contributed by atoms with E-state index in [1.54, 1.807) is 0 Å². The molecule has 1 saturated heterocycles. The number of nitrogens with two attached hydrogens (primary N) is 1. The minimum Gasteiger partial charge on any atom is -0.375 e. The fourth-order valence-electron chi connectivity index (χ4n) is 3.96. The van der Waals surface area contributed by atoms with E-state index in [9.17, 15) is 0 Å². The van der Waals surface area contributed by atoms with Gasteiger partial charge in [0.15, 0.2) is 0 Å². The van der Waals surface area contributed by atoms with Gasteiger partial charge in [-0.15, -0.1) is 0 Å². The second kappa shape index (κ2) is 6.57. The van der Waals surface area contributed by atoms with E-state index in [0.717, 1.165) is 34.5 Å². The van der Waals surface area contributed by atoms with Crippen molar-refractivity contribution in [1.29, 1.82) is 0 Å². The molecule has 21 heavy (non-hydrogen) atoms. The summed E-state index contributed by atoms with van der Waals surface area (Å²) in [5.41, 5.74) is 7.80. The van der Waals surface area contributed by atoms with Crippen molar-refractivity contribution < 1.29 is 4.74 Å². The molecule has 0 amide bonds. The van der Waals surface area contributed by atoms with Gasteiger partial charge in [0.2, 0.25) is 0 Å². The summed E-state index contributed by atoms with van der Waals surface area (Å²) in [6.45, 7) is 0.847. The number of hydrogen-bond acceptors (Lipinski definition) is 2. The van der Waals surface area contributed by atoms with Gasteiger partial charge in [0.1, 0.15) is 0 Å². The zero-order chi connectivity index (χ0) is 14.9. The van der Waals surface area contributed by atoms with Gasteiger partial charge in [-0.3, -0.25) is 0 Å². The van der Waals surface area contributed by atoms with Crippen LogP contribution in [-0.4, -0.2) is 12.2 Å². The number of benzene rings is 1. The smallest absolute Gasteiger partial charge is 0.0685 e. The maximum absolute atomic E-state index is 6.56. The molecule has 2 fully saturated rings. The van der Waals surface area contributed by atoms with Crippen molar-refractivity contribution in [3.63, 3.8) is 0 Å². The quantitative estimate of drug-likeness (QED) is 0.771. The number of ether oxygens (including phenoxy) is 1. The van der Waals surface area contributed by atoms with E-state index in [-0.39, 0.29) is 11.6 Å². The standard InChI is InChI=1S/C17H23BrClNO/c18-14-8-13(9-15(19)10-14)16(20)12-4-7-21-17(11-12)5-2-1-3-6-17/h8-10,12,16H,1-7,11,20H2. The highest BCUT2D eigenvalue weighted by Gasteiger charge is 2.40. The molecule has 1 aromatic carbocycles. The van der Waals surface area contributed by atoms with E-state index in [0.29, 0.717) is 5.92 Å². The lowest BCUT2D eigenvalue weighted by Gasteiger charge is -2.45. The molecule has 2 nitrogen and oxygen atoms in total. The first-order valence-electron chi connectivity index (χ1n) is 7.94. The minimum atomic E-state index is 0.0442. The molecule has 0 radical (unpaired) electrons. The fourth-order valence-corrected chi connectivity index (χ4v) is 4.84. The lowest BCUT2D eigenvalue weighted by molar-refractivity contribution is -0.120. The molecule has 0 bridgehead atoms. The molecule has 3 rings (SSSR count). The van der Waals surface area contributed by atoms with Crippen LogP contribution in [0.2, 0.25) is 5.02 Å². The van der Waals surface area contributed by atoms with Gasteiger partial charge in [-0.2, -0.15) is 0 Å². The number of rotatable bonds is 2. The Bertz CT molecular complexity index is 476. The van der Waals surface area contributed by atoms with Gasteiger partial charge < -0.3 is 10.5 Å². The van der Waals surface area contributed by atoms with Gasteiger partial charge in [0.25, 0.3) is 0 Å². The topological polar surface area (TPSA) is 35.2 Å². The Kier molecular flexibility index (Phi) is 4.94. The van der Waals surface area contributed by atoms with Crippen LogP contribution in [0.15, 0.2) is 22.7 Å². The summed E-state index contributed by atoms with van der Waals surface area (Å²) in [6, 6.07) is 6.05. The van der Waals surface area contributed by atoms with Crippen LogP contribution in [0.25, 0.3) is 0 Å². The first kappa shape index (κ1) is 15.8. The van der Waals surface area contributed by atoms with Crippen LogP contribution in [0.3, 0.4) is 0 Å². The molecule has 2 N–H and O–H groups in total. The molecular formula is C17H23BrClNO. The zero-order valence-electron chi connectivity index (χ0n) is 12.3. The van der Waals surface area contributed by atoms with Crippen LogP contribution in [0.5, 0.6) is 0 Å². The van der Waals surface area contributed by atoms with Gasteiger partial charge in [0.05, 0.1) is 5.60 Å². The van der Waals surface area contributed by atoms with E-state index in [4.69, 9.17) is 22.1 Å². The molecule has 0 aromatic heterocycles. The van der Waals surface area contributed by atoms with Crippen LogP contribution in [0, 0.1) is 5.92 Å². The molecule has 2 atom stereocenters. The van der Waals surface area contributed by atoms with Gasteiger partial charge in [-0.05, 0) is 55.4 Å². The Morgan fingerprint density at radius 3 is 2.71 bits per heavy atom. The van der Waals surface area contributed by atoms with Crippen molar-refractivity contribution in [2.24, 2.45) is 11.7 Å². The summed E-state index contributed by atoms with van der Waals surface area (Å²) in [5.74, 6) is 0.488. The van der Waals surface area contributed by atoms with Gasteiger partial charge in [-0.25, -0.2) is 0 Å². The highest BCUT2D eigenvalue weighted by atomic mass is 79.9. The van der Waals surface area contributed by atoms with E-state index < -0.39 is 0 Å². The summed E-state index contributed by atoms with van der Waals surface area (Å²) in [7, 11) is 0. The summed E-state index contributed by atoms with van der Waals surface area (Å²) < 4.78 is 7.18. The molecule has 2 aliphatic rings. The van der Waals surface area contributed by atoms with Gasteiger partial charge >= 0.3 is 0 Å². The van der Waals surface area contributed by atoms with Crippen molar-refractivity contribution in [2.45, 2.75) is 56.6 Å². The van der Waals surface area contributed by atoms with Crippen molar-refractivity contribution in [3.8, 4) is 0 Å². The van der Waals surface area contributed by atoms with Crippen molar-refractivity contribution in [2.75, 3.05) is 6.61 Å². The van der Waals surface area contributed by atoms with E-state index in [1.807, 2.05) is 12.1 Å². The van der Waals surface area contributed by atoms with E-state index >= 15 is 0 Å². The Labute approximate surface area is 140 Å². The van der Waals surface area contributed by atoms with Crippen molar-refractivity contribution in [3.05, 3.63) is 33.3 Å². The predicted molar refractivity (Wildman–Crippen MR) is 90.6 cm³/mol. The van der Waals surface area contributed by atoms with Gasteiger partial charge in [-0.1, -0.05) is 46.8 Å². The first-order valence-corrected chi connectivity index (χ1v) is 9.11. The van der Waals surface area contributed by atoms with Crippen LogP contribution >= 0.6 is 27.5 Å². The van der Waals surface area contributed by atoms with Crippen LogP contribution in [0.4, 0.5) is 0 Å². The Balaban J connectivity index is 1.76. The second-order valence-corrected chi connectivity index (χ2v) is 7.93. The van der Waals surface area contributed by atoms with Gasteiger partial charge in [0, 0.05) is 22.1 Å². The molecule has 2 unspecified atom stereocenters. The zero-order valence-corrected chi connectivity index (χ0v) is 14.6. The maximum atomic E-state index is 6.56. The Morgan fingerprint density at radius 1 is 1.24 bits per heavy atom. The number of hydrogen-bond donors (Lipinski definition) is 1. The first-order chi connectivity index (χ1) is 10.1. The average molecular weight is 373 g/mol. The predicted octanol–water partition coefficient (Wildman–Crippen LogP) is 5.23. The minimum absolute atomic E-state index is 0.0442. The van der Waals surface area contributed by atoms with Crippen molar-refractivity contribution in [1.82, 2.24) is 0 Å². The Hall–Kier alpha value is -0.0900. The third-order valence-electron chi connectivity index (χ3n) is 5.07. The SMILES string of the molecule is NC(c1cc(Cl)cc(Br)c1)C1CCOC2(CCCCC2)C1. The average Bonchev–Trinajstić information content (AvgIpc) is 2.46. The highest BCUT2D eigenvalue weighted by Crippen LogP contribution is 2.44. The molecular weight excluding hydrogens is 350 g/mol. The molecule has 4 heteroatoms. The monoisotopic (exact) mass is 371 g/mol. The normalized spacial score (nSPS) is 26.7. The van der Waals surface area contributed by atoms with Crippen molar-refractivity contribution >= 4 is 27.5 Å². The van der Waals surface area contributed by atoms with Crippen LogP contribution < -0.4 is 5.73 Å². The third kappa shape index (κ3) is 3.64. The lowest BCUT2D eigenvalue weighted by atomic mass is 9.73. The molecule has 1 aromatic rings. The molecule has 116 valence electrons. The summed E-state index contributed by atoms with van der Waals surface area (Å²) in [5, 5.41) is 0.745. The molecule has 1 spiro atoms.